The van der Waals surface area contributed by atoms with Gasteiger partial charge in [0.15, 0.2) is 0 Å². The molecule has 100 valence electrons. The van der Waals surface area contributed by atoms with Crippen molar-refractivity contribution in [2.45, 2.75) is 0 Å². The molecule has 2 aromatic rings. The van der Waals surface area contributed by atoms with Gasteiger partial charge in [0.1, 0.15) is 11.5 Å². The Balaban J connectivity index is 2.21. The van der Waals surface area contributed by atoms with Crippen molar-refractivity contribution < 1.29 is 14.3 Å². The van der Waals surface area contributed by atoms with E-state index in [9.17, 15) is 4.79 Å². The van der Waals surface area contributed by atoms with Gasteiger partial charge in [-0.1, -0.05) is 11.3 Å². The van der Waals surface area contributed by atoms with Crippen LogP contribution in [0.3, 0.4) is 0 Å². The third-order valence-corrected chi connectivity index (χ3v) is 3.04. The number of rotatable bonds is 4. The van der Waals surface area contributed by atoms with Gasteiger partial charge < -0.3 is 20.5 Å². The van der Waals surface area contributed by atoms with Crippen LogP contribution in [0.1, 0.15) is 9.80 Å². The van der Waals surface area contributed by atoms with Crippen LogP contribution < -0.4 is 20.5 Å². The van der Waals surface area contributed by atoms with E-state index in [1.165, 1.54) is 7.11 Å². The highest BCUT2D eigenvalue weighted by Gasteiger charge is 2.14. The molecule has 0 fully saturated rings. The normalized spacial score (nSPS) is 10.0. The first-order valence-electron chi connectivity index (χ1n) is 5.26. The van der Waals surface area contributed by atoms with Crippen LogP contribution in [0.5, 0.6) is 11.5 Å². The van der Waals surface area contributed by atoms with E-state index in [1.54, 1.807) is 25.3 Å². The van der Waals surface area contributed by atoms with E-state index in [2.05, 4.69) is 15.5 Å². The average molecular weight is 280 g/mol. The molecule has 0 aliphatic rings. The molecule has 0 aliphatic heterocycles. The van der Waals surface area contributed by atoms with Gasteiger partial charge in [-0.3, -0.25) is 4.79 Å². The van der Waals surface area contributed by atoms with Crippen LogP contribution >= 0.6 is 11.3 Å². The predicted octanol–water partition coefficient (Wildman–Crippen LogP) is 1.39. The average Bonchev–Trinajstić information content (AvgIpc) is 2.86. The fraction of sp³-hybridized carbons (Fsp3) is 0.182. The number of amides is 1. The fourth-order valence-corrected chi connectivity index (χ4v) is 1.91. The summed E-state index contributed by atoms with van der Waals surface area (Å²) in [4.78, 5) is 11.9. The molecule has 8 heteroatoms. The van der Waals surface area contributed by atoms with Crippen LogP contribution in [0.25, 0.3) is 0 Å². The highest BCUT2D eigenvalue weighted by Crippen LogP contribution is 2.29. The number of anilines is 2. The Hall–Kier alpha value is -2.35. The van der Waals surface area contributed by atoms with Crippen LogP contribution in [0.15, 0.2) is 18.2 Å². The summed E-state index contributed by atoms with van der Waals surface area (Å²) in [5.41, 5.74) is 5.94. The quantitative estimate of drug-likeness (QED) is 0.878. The summed E-state index contributed by atoms with van der Waals surface area (Å²) < 4.78 is 10.3. The molecule has 0 aliphatic carbocycles. The monoisotopic (exact) mass is 280 g/mol. The number of hydrogen-bond donors (Lipinski definition) is 2. The topological polar surface area (TPSA) is 99.4 Å². The summed E-state index contributed by atoms with van der Waals surface area (Å²) >= 11 is 1.01. The third-order valence-electron chi connectivity index (χ3n) is 2.29. The third kappa shape index (κ3) is 2.91. The molecule has 0 saturated heterocycles. The second-order valence-electron chi connectivity index (χ2n) is 3.47. The van der Waals surface area contributed by atoms with Gasteiger partial charge in [0.2, 0.25) is 10.1 Å². The van der Waals surface area contributed by atoms with Crippen molar-refractivity contribution in [1.82, 2.24) is 10.2 Å². The maximum atomic E-state index is 11.9. The van der Waals surface area contributed by atoms with Gasteiger partial charge in [-0.05, 0) is 12.1 Å². The van der Waals surface area contributed by atoms with Gasteiger partial charge in [0.25, 0.3) is 5.91 Å². The van der Waals surface area contributed by atoms with Gasteiger partial charge in [0, 0.05) is 6.07 Å². The first kappa shape index (κ1) is 13.1. The molecular weight excluding hydrogens is 268 g/mol. The number of hydrogen-bond acceptors (Lipinski definition) is 7. The number of ether oxygens (including phenoxy) is 2. The zero-order valence-electron chi connectivity index (χ0n) is 10.3. The summed E-state index contributed by atoms with van der Waals surface area (Å²) in [6, 6.07) is 5.07. The number of nitrogens with zero attached hydrogens (tertiary/aromatic N) is 2. The van der Waals surface area contributed by atoms with E-state index in [-0.39, 0.29) is 10.1 Å². The lowest BCUT2D eigenvalue weighted by atomic mass is 10.2. The largest absolute Gasteiger partial charge is 0.497 e. The van der Waals surface area contributed by atoms with E-state index >= 15 is 0 Å². The summed E-state index contributed by atoms with van der Waals surface area (Å²) in [6.07, 6.45) is 0. The van der Waals surface area contributed by atoms with Crippen LogP contribution in [-0.2, 0) is 0 Å². The number of nitrogens with one attached hydrogen (secondary N) is 1. The molecule has 0 atom stereocenters. The van der Waals surface area contributed by atoms with Gasteiger partial charge in [0.05, 0.1) is 19.9 Å². The molecule has 3 N–H and O–H groups in total. The van der Waals surface area contributed by atoms with Crippen molar-refractivity contribution in [2.24, 2.45) is 0 Å². The van der Waals surface area contributed by atoms with Crippen LogP contribution in [-0.4, -0.2) is 30.3 Å². The summed E-state index contributed by atoms with van der Waals surface area (Å²) in [6.45, 7) is 0. The van der Waals surface area contributed by atoms with Crippen LogP contribution in [0.4, 0.5) is 10.8 Å². The molecule has 0 saturated carbocycles. The highest BCUT2D eigenvalue weighted by molar-refractivity contribution is 7.16. The summed E-state index contributed by atoms with van der Waals surface area (Å²) in [5, 5.41) is 10.4. The maximum Gasteiger partial charge on any atom is 0.286 e. The smallest absolute Gasteiger partial charge is 0.286 e. The van der Waals surface area contributed by atoms with E-state index in [4.69, 9.17) is 15.2 Å². The van der Waals surface area contributed by atoms with Crippen LogP contribution in [0, 0.1) is 0 Å². The molecular formula is C11H12N4O3S. The minimum absolute atomic E-state index is 0.190. The summed E-state index contributed by atoms with van der Waals surface area (Å²) in [7, 11) is 3.06. The number of carbonyl (C=O) groups excluding carboxylic acids is 1. The number of nitrogens with two attached hydrogens (primary N) is 1. The number of methoxy groups -OCH3 is 2. The van der Waals surface area contributed by atoms with E-state index in [1.807, 2.05) is 0 Å². The molecule has 19 heavy (non-hydrogen) atoms. The molecule has 1 heterocycles. The first-order valence-corrected chi connectivity index (χ1v) is 6.08. The molecule has 1 aromatic carbocycles. The molecule has 0 unspecified atom stereocenters. The van der Waals surface area contributed by atoms with Gasteiger partial charge >= 0.3 is 0 Å². The minimum atomic E-state index is -0.391. The molecule has 1 amide bonds. The molecule has 7 nitrogen and oxygen atoms in total. The summed E-state index contributed by atoms with van der Waals surface area (Å²) in [5.74, 6) is 0.734. The zero-order chi connectivity index (χ0) is 13.8. The Kier molecular flexibility index (Phi) is 3.81. The Morgan fingerprint density at radius 3 is 2.68 bits per heavy atom. The van der Waals surface area contributed by atoms with Crippen LogP contribution in [0.2, 0.25) is 0 Å². The molecule has 2 rings (SSSR count). The van der Waals surface area contributed by atoms with Gasteiger partial charge in [-0.25, -0.2) is 0 Å². The second kappa shape index (κ2) is 5.53. The minimum Gasteiger partial charge on any atom is -0.497 e. The lowest BCUT2D eigenvalue weighted by Gasteiger charge is -2.10. The Morgan fingerprint density at radius 2 is 2.11 bits per heavy atom. The number of aromatic nitrogens is 2. The van der Waals surface area contributed by atoms with E-state index in [0.717, 1.165) is 11.3 Å². The number of nitrogen functional groups attached to an aromatic ring is 1. The lowest BCUT2D eigenvalue weighted by Crippen LogP contribution is -2.12. The number of benzene rings is 1. The standard InChI is InChI=1S/C11H12N4O3S/c1-17-6-3-4-7(8(5-6)18-2)13-9(16)10-14-15-11(12)19-10/h3-5H,1-2H3,(H2,12,15)(H,13,16). The predicted molar refractivity (Wildman–Crippen MR) is 71.8 cm³/mol. The van der Waals surface area contributed by atoms with Crippen molar-refractivity contribution in [1.29, 1.82) is 0 Å². The Bertz CT molecular complexity index is 599. The van der Waals surface area contributed by atoms with Crippen molar-refractivity contribution in [3.63, 3.8) is 0 Å². The molecule has 1 aromatic heterocycles. The van der Waals surface area contributed by atoms with E-state index < -0.39 is 5.91 Å². The lowest BCUT2D eigenvalue weighted by molar-refractivity contribution is 0.102. The number of carbonyl (C=O) groups is 1. The van der Waals surface area contributed by atoms with Crippen molar-refractivity contribution in [3.05, 3.63) is 23.2 Å². The SMILES string of the molecule is COc1ccc(NC(=O)c2nnc(N)s2)c(OC)c1. The Morgan fingerprint density at radius 1 is 1.32 bits per heavy atom. The van der Waals surface area contributed by atoms with Crippen molar-refractivity contribution in [2.75, 3.05) is 25.3 Å². The zero-order valence-corrected chi connectivity index (χ0v) is 11.2. The molecule has 0 radical (unpaired) electrons. The first-order chi connectivity index (χ1) is 9.13. The maximum absolute atomic E-state index is 11.9. The fourth-order valence-electron chi connectivity index (χ4n) is 1.40. The Labute approximate surface area is 113 Å². The van der Waals surface area contributed by atoms with Crippen molar-refractivity contribution >= 4 is 28.1 Å². The van der Waals surface area contributed by atoms with E-state index in [0.29, 0.717) is 17.2 Å². The van der Waals surface area contributed by atoms with Gasteiger partial charge in [-0.15, -0.1) is 10.2 Å². The molecule has 0 bridgehead atoms. The highest BCUT2D eigenvalue weighted by atomic mass is 32.1. The molecule has 0 spiro atoms. The second-order valence-corrected chi connectivity index (χ2v) is 4.47. The van der Waals surface area contributed by atoms with Crippen molar-refractivity contribution in [3.8, 4) is 11.5 Å². The van der Waals surface area contributed by atoms with Gasteiger partial charge in [-0.2, -0.15) is 0 Å².